The third-order valence-corrected chi connectivity index (χ3v) is 2.04. The van der Waals surface area contributed by atoms with E-state index in [4.69, 9.17) is 10.5 Å². The Labute approximate surface area is 88.0 Å². The molecule has 1 rings (SSSR count). The van der Waals surface area contributed by atoms with Gasteiger partial charge in [0, 0.05) is 0 Å². The van der Waals surface area contributed by atoms with Gasteiger partial charge in [-0.2, -0.15) is 0 Å². The first kappa shape index (κ1) is 11.5. The second kappa shape index (κ2) is 4.77. The lowest BCUT2D eigenvalue weighted by atomic mass is 10.2. The highest BCUT2D eigenvalue weighted by molar-refractivity contribution is 5.79. The molecule has 0 saturated carbocycles. The maximum Gasteiger partial charge on any atom is 0.258 e. The average Bonchev–Trinajstić information content (AvgIpc) is 2.18. The number of primary amides is 1. The summed E-state index contributed by atoms with van der Waals surface area (Å²) < 4.78 is 18.4. The van der Waals surface area contributed by atoms with Gasteiger partial charge in [-0.05, 0) is 31.0 Å². The van der Waals surface area contributed by atoms with E-state index in [-0.39, 0.29) is 5.75 Å². The van der Waals surface area contributed by atoms with Gasteiger partial charge in [0.25, 0.3) is 5.91 Å². The van der Waals surface area contributed by atoms with Gasteiger partial charge in [-0.25, -0.2) is 4.39 Å². The van der Waals surface area contributed by atoms with Crippen LogP contribution in [0.4, 0.5) is 4.39 Å². The number of carbonyl (C=O) groups excluding carboxylic acids is 1. The molecule has 0 aromatic heterocycles. The minimum absolute atomic E-state index is 0.0700. The summed E-state index contributed by atoms with van der Waals surface area (Å²) in [6, 6.07) is 4.48. The molecule has 0 spiro atoms. The van der Waals surface area contributed by atoms with E-state index in [9.17, 15) is 9.18 Å². The minimum Gasteiger partial charge on any atom is -0.478 e. The Kier molecular flexibility index (Phi) is 3.66. The Balaban J connectivity index is 2.87. The van der Waals surface area contributed by atoms with Crippen LogP contribution in [0.1, 0.15) is 18.9 Å². The lowest BCUT2D eigenvalue weighted by Gasteiger charge is -2.14. The highest BCUT2D eigenvalue weighted by atomic mass is 19.1. The second-order valence-corrected chi connectivity index (χ2v) is 3.35. The van der Waals surface area contributed by atoms with Crippen LogP contribution in [0.3, 0.4) is 0 Å². The smallest absolute Gasteiger partial charge is 0.258 e. The summed E-state index contributed by atoms with van der Waals surface area (Å²) in [5.41, 5.74) is 5.96. The molecule has 3 nitrogen and oxygen atoms in total. The van der Waals surface area contributed by atoms with Crippen molar-refractivity contribution in [2.75, 3.05) is 0 Å². The number of amides is 1. The fourth-order valence-corrected chi connectivity index (χ4v) is 1.20. The van der Waals surface area contributed by atoms with Crippen molar-refractivity contribution in [1.82, 2.24) is 0 Å². The normalized spacial score (nSPS) is 12.2. The summed E-state index contributed by atoms with van der Waals surface area (Å²) in [5, 5.41) is 0. The lowest BCUT2D eigenvalue weighted by Crippen LogP contribution is -2.33. The third-order valence-electron chi connectivity index (χ3n) is 2.04. The fraction of sp³-hybridized carbons (Fsp3) is 0.364. The van der Waals surface area contributed by atoms with Crippen molar-refractivity contribution in [2.24, 2.45) is 5.73 Å². The Morgan fingerprint density at radius 2 is 2.27 bits per heavy atom. The molecule has 1 amide bonds. The van der Waals surface area contributed by atoms with Gasteiger partial charge in [-0.15, -0.1) is 0 Å². The Bertz CT molecular complexity index is 366. The van der Waals surface area contributed by atoms with Crippen LogP contribution in [0, 0.1) is 12.7 Å². The van der Waals surface area contributed by atoms with Gasteiger partial charge in [-0.3, -0.25) is 4.79 Å². The van der Waals surface area contributed by atoms with Gasteiger partial charge in [0.15, 0.2) is 17.7 Å². The topological polar surface area (TPSA) is 52.3 Å². The number of halogens is 1. The summed E-state index contributed by atoms with van der Waals surface area (Å²) in [6.45, 7) is 3.57. The third kappa shape index (κ3) is 2.94. The summed E-state index contributed by atoms with van der Waals surface area (Å²) in [4.78, 5) is 10.9. The van der Waals surface area contributed by atoms with E-state index in [2.05, 4.69) is 0 Å². The average molecular weight is 211 g/mol. The van der Waals surface area contributed by atoms with E-state index >= 15 is 0 Å². The summed E-state index contributed by atoms with van der Waals surface area (Å²) >= 11 is 0. The monoisotopic (exact) mass is 211 g/mol. The molecule has 4 heteroatoms. The standard InChI is InChI=1S/C11H14FNO2/c1-3-9(11(13)14)15-10-6-7(2)4-5-8(10)12/h4-6,9H,3H2,1-2H3,(H2,13,14). The summed E-state index contributed by atoms with van der Waals surface area (Å²) in [7, 11) is 0. The zero-order valence-electron chi connectivity index (χ0n) is 8.79. The van der Waals surface area contributed by atoms with E-state index in [1.165, 1.54) is 6.07 Å². The number of benzene rings is 1. The van der Waals surface area contributed by atoms with Crippen molar-refractivity contribution >= 4 is 5.91 Å². The summed E-state index contributed by atoms with van der Waals surface area (Å²) in [5.74, 6) is -1.00. The molecule has 0 fully saturated rings. The second-order valence-electron chi connectivity index (χ2n) is 3.35. The van der Waals surface area contributed by atoms with Crippen molar-refractivity contribution in [2.45, 2.75) is 26.4 Å². The molecule has 0 aliphatic rings. The molecule has 82 valence electrons. The van der Waals surface area contributed by atoms with Gasteiger partial charge in [-0.1, -0.05) is 13.0 Å². The maximum absolute atomic E-state index is 13.3. The van der Waals surface area contributed by atoms with Gasteiger partial charge in [0.2, 0.25) is 0 Å². The molecule has 0 saturated heterocycles. The minimum atomic E-state index is -0.777. The van der Waals surface area contributed by atoms with E-state index in [0.717, 1.165) is 5.56 Å². The largest absolute Gasteiger partial charge is 0.478 e. The van der Waals surface area contributed by atoms with Crippen LogP contribution in [-0.2, 0) is 4.79 Å². The molecule has 1 atom stereocenters. The lowest BCUT2D eigenvalue weighted by molar-refractivity contribution is -0.124. The van der Waals surface area contributed by atoms with Crippen molar-refractivity contribution < 1.29 is 13.9 Å². The molecule has 0 aliphatic carbocycles. The first-order valence-corrected chi connectivity index (χ1v) is 4.76. The first-order chi connectivity index (χ1) is 7.04. The van der Waals surface area contributed by atoms with Crippen LogP contribution in [0.15, 0.2) is 18.2 Å². The zero-order valence-corrected chi connectivity index (χ0v) is 8.79. The quantitative estimate of drug-likeness (QED) is 0.825. The van der Waals surface area contributed by atoms with Gasteiger partial charge >= 0.3 is 0 Å². The predicted molar refractivity (Wildman–Crippen MR) is 55.0 cm³/mol. The predicted octanol–water partition coefficient (Wildman–Crippen LogP) is 1.78. The fourth-order valence-electron chi connectivity index (χ4n) is 1.20. The molecule has 0 heterocycles. The number of aryl methyl sites for hydroxylation is 1. The number of hydrogen-bond acceptors (Lipinski definition) is 2. The Hall–Kier alpha value is -1.58. The number of nitrogens with two attached hydrogens (primary N) is 1. The van der Waals surface area contributed by atoms with Crippen molar-refractivity contribution in [3.05, 3.63) is 29.6 Å². The Morgan fingerprint density at radius 3 is 2.80 bits per heavy atom. The maximum atomic E-state index is 13.3. The van der Waals surface area contributed by atoms with Crippen LogP contribution in [0.25, 0.3) is 0 Å². The van der Waals surface area contributed by atoms with E-state index in [1.54, 1.807) is 19.1 Å². The summed E-state index contributed by atoms with van der Waals surface area (Å²) in [6.07, 6.45) is -0.357. The van der Waals surface area contributed by atoms with Crippen LogP contribution in [-0.4, -0.2) is 12.0 Å². The number of carbonyl (C=O) groups is 1. The number of hydrogen-bond donors (Lipinski definition) is 1. The molecule has 1 aromatic carbocycles. The molecule has 0 aliphatic heterocycles. The van der Waals surface area contributed by atoms with Crippen LogP contribution in [0.2, 0.25) is 0 Å². The molecule has 0 radical (unpaired) electrons. The molecule has 0 bridgehead atoms. The SMILES string of the molecule is CCC(Oc1cc(C)ccc1F)C(N)=O. The van der Waals surface area contributed by atoms with Crippen LogP contribution in [0.5, 0.6) is 5.75 Å². The first-order valence-electron chi connectivity index (χ1n) is 4.76. The molecule has 1 aromatic rings. The molecular weight excluding hydrogens is 197 g/mol. The van der Waals surface area contributed by atoms with E-state index in [1.807, 2.05) is 6.92 Å². The van der Waals surface area contributed by atoms with Crippen molar-refractivity contribution in [3.63, 3.8) is 0 Å². The van der Waals surface area contributed by atoms with Gasteiger partial charge in [0.05, 0.1) is 0 Å². The van der Waals surface area contributed by atoms with E-state index < -0.39 is 17.8 Å². The molecule has 2 N–H and O–H groups in total. The molecular formula is C11H14FNO2. The molecule has 15 heavy (non-hydrogen) atoms. The highest BCUT2D eigenvalue weighted by Gasteiger charge is 2.16. The highest BCUT2D eigenvalue weighted by Crippen LogP contribution is 2.20. The van der Waals surface area contributed by atoms with Gasteiger partial charge in [0.1, 0.15) is 0 Å². The van der Waals surface area contributed by atoms with E-state index in [0.29, 0.717) is 6.42 Å². The van der Waals surface area contributed by atoms with Crippen molar-refractivity contribution in [1.29, 1.82) is 0 Å². The van der Waals surface area contributed by atoms with Gasteiger partial charge < -0.3 is 10.5 Å². The van der Waals surface area contributed by atoms with Crippen LogP contribution >= 0.6 is 0 Å². The molecule has 1 unspecified atom stereocenters. The number of rotatable bonds is 4. The van der Waals surface area contributed by atoms with Crippen LogP contribution < -0.4 is 10.5 Å². The zero-order chi connectivity index (χ0) is 11.4. The number of ether oxygens (including phenoxy) is 1. The van der Waals surface area contributed by atoms with Crippen molar-refractivity contribution in [3.8, 4) is 5.75 Å². The Morgan fingerprint density at radius 1 is 1.60 bits per heavy atom.